The number of pyridine rings is 1. The van der Waals surface area contributed by atoms with Crippen molar-refractivity contribution in [1.29, 1.82) is 0 Å². The first-order chi connectivity index (χ1) is 16.3. The van der Waals surface area contributed by atoms with Crippen molar-refractivity contribution in [2.75, 3.05) is 0 Å². The van der Waals surface area contributed by atoms with Crippen LogP contribution in [0.3, 0.4) is 0 Å². The number of carbonyl (C=O) groups excluding carboxylic acids is 2. The van der Waals surface area contributed by atoms with Crippen molar-refractivity contribution in [3.63, 3.8) is 0 Å². The van der Waals surface area contributed by atoms with E-state index in [0.717, 1.165) is 24.5 Å². The second-order valence-electron chi connectivity index (χ2n) is 12.6. The van der Waals surface area contributed by atoms with E-state index in [1.165, 1.54) is 30.4 Å². The number of carbonyl (C=O) groups is 2. The van der Waals surface area contributed by atoms with E-state index in [1.807, 2.05) is 27.0 Å². The van der Waals surface area contributed by atoms with Crippen molar-refractivity contribution < 1.29 is 23.8 Å². The number of nitrogens with one attached hydrogen (secondary N) is 1. The van der Waals surface area contributed by atoms with E-state index in [2.05, 4.69) is 25.2 Å². The summed E-state index contributed by atoms with van der Waals surface area (Å²) in [5.74, 6) is 0.143. The Balaban J connectivity index is 1.66. The van der Waals surface area contributed by atoms with Crippen LogP contribution in [0.5, 0.6) is 0 Å². The van der Waals surface area contributed by atoms with Gasteiger partial charge >= 0.3 is 12.1 Å². The van der Waals surface area contributed by atoms with E-state index in [1.54, 1.807) is 13.8 Å². The zero-order chi connectivity index (χ0) is 25.6. The van der Waals surface area contributed by atoms with Gasteiger partial charge < -0.3 is 19.5 Å². The number of esters is 1. The quantitative estimate of drug-likeness (QED) is 0.513. The SMILES string of the molecule is CC(C)C[C@H](NC(=O)OC(C)(C)C)[C@@]1(Cc2nccc3c2C[C@@H](CC2CC2)C3)OC(C)(C)OC1=O. The molecule has 2 aliphatic carbocycles. The van der Waals surface area contributed by atoms with E-state index in [4.69, 9.17) is 19.2 Å². The third-order valence-electron chi connectivity index (χ3n) is 7.11. The fourth-order valence-corrected chi connectivity index (χ4v) is 5.63. The van der Waals surface area contributed by atoms with Gasteiger partial charge in [0.25, 0.3) is 0 Å². The Morgan fingerprint density at radius 2 is 1.94 bits per heavy atom. The number of rotatable bonds is 8. The first-order valence-corrected chi connectivity index (χ1v) is 13.1. The summed E-state index contributed by atoms with van der Waals surface area (Å²) in [6.45, 7) is 13.0. The number of ether oxygens (including phenoxy) is 3. The highest BCUT2D eigenvalue weighted by atomic mass is 16.8. The molecule has 0 aromatic carbocycles. The van der Waals surface area contributed by atoms with Gasteiger partial charge in [-0.3, -0.25) is 4.98 Å². The minimum atomic E-state index is -1.39. The third-order valence-corrected chi connectivity index (χ3v) is 7.11. The van der Waals surface area contributed by atoms with Crippen molar-refractivity contribution in [2.24, 2.45) is 17.8 Å². The van der Waals surface area contributed by atoms with Crippen LogP contribution in [-0.2, 0) is 38.3 Å². The van der Waals surface area contributed by atoms with Gasteiger partial charge in [0.2, 0.25) is 5.79 Å². The van der Waals surface area contributed by atoms with Gasteiger partial charge in [0, 0.05) is 32.2 Å². The molecule has 1 N–H and O–H groups in total. The van der Waals surface area contributed by atoms with Crippen LogP contribution >= 0.6 is 0 Å². The fourth-order valence-electron chi connectivity index (χ4n) is 5.63. The molecule has 1 aromatic rings. The van der Waals surface area contributed by atoms with Crippen molar-refractivity contribution >= 4 is 12.1 Å². The Morgan fingerprint density at radius 3 is 2.51 bits per heavy atom. The predicted molar refractivity (Wildman–Crippen MR) is 133 cm³/mol. The molecule has 1 aliphatic heterocycles. The van der Waals surface area contributed by atoms with Gasteiger partial charge in [-0.1, -0.05) is 26.7 Å². The Bertz CT molecular complexity index is 963. The Labute approximate surface area is 209 Å². The summed E-state index contributed by atoms with van der Waals surface area (Å²) in [7, 11) is 0. The molecule has 3 atom stereocenters. The predicted octanol–water partition coefficient (Wildman–Crippen LogP) is 5.13. The lowest BCUT2D eigenvalue weighted by molar-refractivity contribution is -0.170. The van der Waals surface area contributed by atoms with E-state index in [0.29, 0.717) is 12.3 Å². The molecule has 35 heavy (non-hydrogen) atoms. The van der Waals surface area contributed by atoms with Crippen molar-refractivity contribution in [1.82, 2.24) is 10.3 Å². The number of cyclic esters (lactones) is 1. The van der Waals surface area contributed by atoms with Crippen LogP contribution in [0.1, 0.15) is 91.0 Å². The van der Waals surface area contributed by atoms with Crippen molar-refractivity contribution in [3.05, 3.63) is 29.1 Å². The lowest BCUT2D eigenvalue weighted by atomic mass is 9.82. The number of amides is 1. The summed E-state index contributed by atoms with van der Waals surface area (Å²) < 4.78 is 17.7. The molecule has 1 aromatic heterocycles. The van der Waals surface area contributed by atoms with Crippen LogP contribution < -0.4 is 5.32 Å². The summed E-state index contributed by atoms with van der Waals surface area (Å²) in [5.41, 5.74) is 1.38. The van der Waals surface area contributed by atoms with Gasteiger partial charge in [-0.15, -0.1) is 0 Å². The maximum Gasteiger partial charge on any atom is 0.407 e. The average molecular weight is 487 g/mol. The largest absolute Gasteiger partial charge is 0.444 e. The summed E-state index contributed by atoms with van der Waals surface area (Å²) in [6.07, 6.45) is 8.07. The monoisotopic (exact) mass is 486 g/mol. The first-order valence-electron chi connectivity index (χ1n) is 13.1. The minimum Gasteiger partial charge on any atom is -0.444 e. The molecule has 1 saturated heterocycles. The van der Waals surface area contributed by atoms with Crippen LogP contribution in [0.15, 0.2) is 12.3 Å². The Morgan fingerprint density at radius 1 is 1.23 bits per heavy atom. The van der Waals surface area contributed by atoms with Crippen LogP contribution in [0, 0.1) is 17.8 Å². The lowest BCUT2D eigenvalue weighted by Crippen LogP contribution is -2.59. The summed E-state index contributed by atoms with van der Waals surface area (Å²) >= 11 is 0. The molecule has 0 radical (unpaired) electrons. The molecule has 0 bridgehead atoms. The van der Waals surface area contributed by atoms with Crippen molar-refractivity contribution in [3.8, 4) is 0 Å². The first kappa shape index (κ1) is 25.9. The van der Waals surface area contributed by atoms with Gasteiger partial charge in [-0.25, -0.2) is 9.59 Å². The molecule has 1 saturated carbocycles. The van der Waals surface area contributed by atoms with Crippen LogP contribution in [0.2, 0.25) is 0 Å². The average Bonchev–Trinajstić information content (AvgIpc) is 3.34. The van der Waals surface area contributed by atoms with Crippen LogP contribution in [-0.4, -0.2) is 40.1 Å². The molecule has 2 fully saturated rings. The van der Waals surface area contributed by atoms with Gasteiger partial charge in [-0.05, 0) is 81.4 Å². The summed E-state index contributed by atoms with van der Waals surface area (Å²) in [6, 6.07) is 1.48. The van der Waals surface area contributed by atoms with Gasteiger partial charge in [0.1, 0.15) is 5.60 Å². The number of hydrogen-bond acceptors (Lipinski definition) is 6. The second kappa shape index (κ2) is 9.38. The minimum absolute atomic E-state index is 0.198. The van der Waals surface area contributed by atoms with E-state index < -0.39 is 35.1 Å². The van der Waals surface area contributed by atoms with Crippen molar-refractivity contribution in [2.45, 2.75) is 116 Å². The number of hydrogen-bond donors (Lipinski definition) is 1. The van der Waals surface area contributed by atoms with E-state index >= 15 is 0 Å². The maximum absolute atomic E-state index is 13.6. The number of aromatic nitrogens is 1. The zero-order valence-electron chi connectivity index (χ0n) is 22.4. The van der Waals surface area contributed by atoms with Gasteiger partial charge in [0.05, 0.1) is 6.04 Å². The molecule has 1 amide bonds. The molecule has 7 heteroatoms. The molecule has 3 aliphatic rings. The zero-order valence-corrected chi connectivity index (χ0v) is 22.4. The molecule has 0 unspecified atom stereocenters. The van der Waals surface area contributed by atoms with E-state index in [-0.39, 0.29) is 12.3 Å². The molecule has 194 valence electrons. The molecular weight excluding hydrogens is 444 g/mol. The highest BCUT2D eigenvalue weighted by Gasteiger charge is 2.59. The fraction of sp³-hybridized carbons (Fsp3) is 0.750. The smallest absolute Gasteiger partial charge is 0.407 e. The third kappa shape index (κ3) is 6.16. The van der Waals surface area contributed by atoms with Gasteiger partial charge in [0.15, 0.2) is 5.60 Å². The Hall–Kier alpha value is -2.15. The normalized spacial score (nSPS) is 26.4. The molecule has 4 rings (SSSR count). The second-order valence-corrected chi connectivity index (χ2v) is 12.6. The highest BCUT2D eigenvalue weighted by molar-refractivity contribution is 5.84. The highest BCUT2D eigenvalue weighted by Crippen LogP contribution is 2.43. The lowest BCUT2D eigenvalue weighted by Gasteiger charge is -2.36. The molecule has 7 nitrogen and oxygen atoms in total. The van der Waals surface area contributed by atoms with E-state index in [9.17, 15) is 9.59 Å². The number of fused-ring (bicyclic) bond motifs is 1. The van der Waals surface area contributed by atoms with Gasteiger partial charge in [-0.2, -0.15) is 0 Å². The summed E-state index contributed by atoms with van der Waals surface area (Å²) in [4.78, 5) is 31.1. The number of nitrogens with zero attached hydrogens (tertiary/aromatic N) is 1. The molecule has 2 heterocycles. The molecular formula is C28H42N2O5. The van der Waals surface area contributed by atoms with Crippen LogP contribution in [0.4, 0.5) is 4.79 Å². The summed E-state index contributed by atoms with van der Waals surface area (Å²) in [5, 5.41) is 2.97. The van der Waals surface area contributed by atoms with Crippen LogP contribution in [0.25, 0.3) is 0 Å². The number of alkyl carbamates (subject to hydrolysis) is 1. The standard InChI is InChI=1S/C28H42N2O5/c1-17(2)12-23(30-25(32)34-26(3,4)5)28(24(31)33-27(6,7)35-28)16-22-21-15-19(13-18-8-9-18)14-20(21)10-11-29-22/h10-11,17-19,23H,8-9,12-16H2,1-7H3,(H,30,32)/t19-,23-,28+/m0/s1. The molecule has 0 spiro atoms. The Kier molecular flexibility index (Phi) is 6.95. The maximum atomic E-state index is 13.6. The topological polar surface area (TPSA) is 86.8 Å².